The summed E-state index contributed by atoms with van der Waals surface area (Å²) in [6, 6.07) is 6.12. The molecule has 4 nitrogen and oxygen atoms in total. The van der Waals surface area contributed by atoms with Crippen molar-refractivity contribution in [1.29, 1.82) is 0 Å². The summed E-state index contributed by atoms with van der Waals surface area (Å²) in [5.41, 5.74) is 4.35. The van der Waals surface area contributed by atoms with E-state index in [2.05, 4.69) is 11.2 Å². The maximum Gasteiger partial charge on any atom is 0.339 e. The van der Waals surface area contributed by atoms with Gasteiger partial charge in [0.25, 0.3) is 0 Å². The Kier molecular flexibility index (Phi) is 3.53. The van der Waals surface area contributed by atoms with Gasteiger partial charge < -0.3 is 5.11 Å². The number of hydrogen-bond donors (Lipinski definition) is 1. The van der Waals surface area contributed by atoms with Gasteiger partial charge in [-0.3, -0.25) is 0 Å². The standard InChI is InChI=1S/C17H20N2O2/c1-11-7-8-15(12(2)9-11)19-10-14(17(20)21)16(18-19)13-5-3-4-6-13/h7-10,13H,3-6H2,1-2H3,(H,20,21). The summed E-state index contributed by atoms with van der Waals surface area (Å²) < 4.78 is 1.73. The van der Waals surface area contributed by atoms with E-state index in [0.29, 0.717) is 11.5 Å². The Bertz CT molecular complexity index is 682. The summed E-state index contributed by atoms with van der Waals surface area (Å²) in [5.74, 6) is -0.587. The third-order valence-corrected chi connectivity index (χ3v) is 4.31. The van der Waals surface area contributed by atoms with Crippen LogP contribution in [0.1, 0.15) is 58.8 Å². The highest BCUT2D eigenvalue weighted by atomic mass is 16.4. The summed E-state index contributed by atoms with van der Waals surface area (Å²) in [6.07, 6.45) is 6.09. The lowest BCUT2D eigenvalue weighted by molar-refractivity contribution is 0.0695. The van der Waals surface area contributed by atoms with Crippen LogP contribution in [0.3, 0.4) is 0 Å². The van der Waals surface area contributed by atoms with E-state index in [-0.39, 0.29) is 0 Å². The molecule has 0 radical (unpaired) electrons. The number of aromatic nitrogens is 2. The molecule has 0 atom stereocenters. The predicted molar refractivity (Wildman–Crippen MR) is 81.2 cm³/mol. The van der Waals surface area contributed by atoms with Gasteiger partial charge in [0.1, 0.15) is 5.56 Å². The Labute approximate surface area is 124 Å². The van der Waals surface area contributed by atoms with Gasteiger partial charge >= 0.3 is 5.97 Å². The number of carbonyl (C=O) groups is 1. The highest BCUT2D eigenvalue weighted by Crippen LogP contribution is 2.35. The average molecular weight is 284 g/mol. The lowest BCUT2D eigenvalue weighted by Crippen LogP contribution is -2.03. The van der Waals surface area contributed by atoms with Crippen molar-refractivity contribution < 1.29 is 9.90 Å². The molecule has 1 aliphatic rings. The molecule has 1 N–H and O–H groups in total. The van der Waals surface area contributed by atoms with Crippen LogP contribution in [-0.2, 0) is 0 Å². The van der Waals surface area contributed by atoms with Gasteiger partial charge in [-0.25, -0.2) is 9.48 Å². The Morgan fingerprint density at radius 2 is 2.00 bits per heavy atom. The predicted octanol–water partition coefficient (Wildman–Crippen LogP) is 3.84. The fourth-order valence-corrected chi connectivity index (χ4v) is 3.24. The summed E-state index contributed by atoms with van der Waals surface area (Å²) in [6.45, 7) is 4.08. The number of carboxylic acids is 1. The van der Waals surface area contributed by atoms with E-state index in [4.69, 9.17) is 0 Å². The van der Waals surface area contributed by atoms with Gasteiger partial charge in [0.05, 0.1) is 11.4 Å². The molecular formula is C17H20N2O2. The van der Waals surface area contributed by atoms with E-state index >= 15 is 0 Å². The third kappa shape index (κ3) is 2.58. The van der Waals surface area contributed by atoms with Gasteiger partial charge in [0, 0.05) is 12.1 Å². The fraction of sp³-hybridized carbons (Fsp3) is 0.412. The molecular weight excluding hydrogens is 264 g/mol. The van der Waals surface area contributed by atoms with Crippen molar-refractivity contribution in [3.8, 4) is 5.69 Å². The van der Waals surface area contributed by atoms with Crippen LogP contribution in [-0.4, -0.2) is 20.9 Å². The molecule has 1 saturated carbocycles. The van der Waals surface area contributed by atoms with E-state index in [0.717, 1.165) is 29.8 Å². The van der Waals surface area contributed by atoms with Crippen LogP contribution >= 0.6 is 0 Å². The molecule has 4 heteroatoms. The van der Waals surface area contributed by atoms with Crippen LogP contribution in [0.15, 0.2) is 24.4 Å². The zero-order valence-electron chi connectivity index (χ0n) is 12.5. The molecule has 0 unspecified atom stereocenters. The number of aryl methyl sites for hydroxylation is 2. The minimum Gasteiger partial charge on any atom is -0.478 e. The number of hydrogen-bond acceptors (Lipinski definition) is 2. The van der Waals surface area contributed by atoms with Gasteiger partial charge in [-0.1, -0.05) is 30.5 Å². The Morgan fingerprint density at radius 1 is 1.29 bits per heavy atom. The van der Waals surface area contributed by atoms with Crippen LogP contribution in [0.5, 0.6) is 0 Å². The lowest BCUT2D eigenvalue weighted by atomic mass is 10.0. The zero-order chi connectivity index (χ0) is 15.0. The molecule has 3 rings (SSSR count). The van der Waals surface area contributed by atoms with E-state index in [1.165, 1.54) is 18.4 Å². The maximum absolute atomic E-state index is 11.5. The molecule has 110 valence electrons. The SMILES string of the molecule is Cc1ccc(-n2cc(C(=O)O)c(C3CCCC3)n2)c(C)c1. The first-order valence-electron chi connectivity index (χ1n) is 7.47. The van der Waals surface area contributed by atoms with Crippen LogP contribution in [0, 0.1) is 13.8 Å². The molecule has 1 aliphatic carbocycles. The van der Waals surface area contributed by atoms with Crippen LogP contribution in [0.2, 0.25) is 0 Å². The molecule has 1 aromatic heterocycles. The quantitative estimate of drug-likeness (QED) is 0.931. The number of benzene rings is 1. The van der Waals surface area contributed by atoms with Gasteiger partial charge in [-0.05, 0) is 38.3 Å². The largest absolute Gasteiger partial charge is 0.478 e. The topological polar surface area (TPSA) is 55.1 Å². The van der Waals surface area contributed by atoms with Crippen LogP contribution in [0.4, 0.5) is 0 Å². The molecule has 0 bridgehead atoms. The van der Waals surface area contributed by atoms with Crippen molar-refractivity contribution in [3.63, 3.8) is 0 Å². The van der Waals surface area contributed by atoms with Gasteiger partial charge in [-0.15, -0.1) is 0 Å². The highest BCUT2D eigenvalue weighted by Gasteiger charge is 2.26. The Hall–Kier alpha value is -2.10. The van der Waals surface area contributed by atoms with E-state index in [1.54, 1.807) is 10.9 Å². The summed E-state index contributed by atoms with van der Waals surface area (Å²) >= 11 is 0. The normalized spacial score (nSPS) is 15.5. The Morgan fingerprint density at radius 3 is 2.62 bits per heavy atom. The first-order chi connectivity index (χ1) is 10.1. The Balaban J connectivity index is 2.07. The molecule has 21 heavy (non-hydrogen) atoms. The van der Waals surface area contributed by atoms with Crippen molar-refractivity contribution in [2.45, 2.75) is 45.4 Å². The first-order valence-corrected chi connectivity index (χ1v) is 7.47. The number of carboxylic acid groups (broad SMARTS) is 1. The molecule has 2 aromatic rings. The van der Waals surface area contributed by atoms with Crippen molar-refractivity contribution in [2.24, 2.45) is 0 Å². The van der Waals surface area contributed by atoms with Crippen LogP contribution in [0.25, 0.3) is 5.69 Å². The zero-order valence-corrected chi connectivity index (χ0v) is 12.5. The van der Waals surface area contributed by atoms with Gasteiger partial charge in [0.2, 0.25) is 0 Å². The fourth-order valence-electron chi connectivity index (χ4n) is 3.24. The number of nitrogens with zero attached hydrogens (tertiary/aromatic N) is 2. The van der Waals surface area contributed by atoms with Gasteiger partial charge in [0.15, 0.2) is 0 Å². The van der Waals surface area contributed by atoms with Crippen molar-refractivity contribution in [1.82, 2.24) is 9.78 Å². The monoisotopic (exact) mass is 284 g/mol. The minimum absolute atomic E-state index is 0.295. The second-order valence-electron chi connectivity index (χ2n) is 5.95. The van der Waals surface area contributed by atoms with E-state index < -0.39 is 5.97 Å². The number of rotatable bonds is 3. The molecule has 1 aromatic carbocycles. The smallest absolute Gasteiger partial charge is 0.339 e. The first kappa shape index (κ1) is 13.9. The minimum atomic E-state index is -0.882. The van der Waals surface area contributed by atoms with E-state index in [1.807, 2.05) is 26.0 Å². The van der Waals surface area contributed by atoms with Crippen molar-refractivity contribution >= 4 is 5.97 Å². The van der Waals surface area contributed by atoms with Crippen molar-refractivity contribution in [2.75, 3.05) is 0 Å². The molecule has 0 amide bonds. The van der Waals surface area contributed by atoms with Crippen LogP contribution < -0.4 is 0 Å². The molecule has 1 fully saturated rings. The summed E-state index contributed by atoms with van der Waals surface area (Å²) in [4.78, 5) is 11.5. The highest BCUT2D eigenvalue weighted by molar-refractivity contribution is 5.89. The average Bonchev–Trinajstić information content (AvgIpc) is 3.07. The van der Waals surface area contributed by atoms with Gasteiger partial charge in [-0.2, -0.15) is 5.10 Å². The summed E-state index contributed by atoms with van der Waals surface area (Å²) in [5, 5.41) is 14.1. The van der Waals surface area contributed by atoms with Crippen molar-refractivity contribution in [3.05, 3.63) is 46.8 Å². The van der Waals surface area contributed by atoms with E-state index in [9.17, 15) is 9.90 Å². The third-order valence-electron chi connectivity index (χ3n) is 4.31. The maximum atomic E-state index is 11.5. The lowest BCUT2D eigenvalue weighted by Gasteiger charge is -2.08. The molecule has 0 spiro atoms. The second kappa shape index (κ2) is 5.35. The molecule has 0 aliphatic heterocycles. The second-order valence-corrected chi connectivity index (χ2v) is 5.95. The molecule has 0 saturated heterocycles. The molecule has 1 heterocycles. The number of aromatic carboxylic acids is 1. The summed E-state index contributed by atoms with van der Waals surface area (Å²) in [7, 11) is 0.